The summed E-state index contributed by atoms with van der Waals surface area (Å²) < 4.78 is 26.8. The Morgan fingerprint density at radius 2 is 1.92 bits per heavy atom. The van der Waals surface area contributed by atoms with Crippen LogP contribution in [-0.2, 0) is 16.6 Å². The van der Waals surface area contributed by atoms with Crippen LogP contribution in [-0.4, -0.2) is 54.9 Å². The summed E-state index contributed by atoms with van der Waals surface area (Å²) in [6.07, 6.45) is 0. The summed E-state index contributed by atoms with van der Waals surface area (Å²) in [5.41, 5.74) is 1.22. The molecule has 0 bridgehead atoms. The molecule has 8 heteroatoms. The molecule has 1 aromatic carbocycles. The Hall–Kier alpha value is -1.74. The number of carboxylic acids is 1. The minimum atomic E-state index is -3.66. The van der Waals surface area contributed by atoms with Crippen LogP contribution in [0.2, 0.25) is 0 Å². The summed E-state index contributed by atoms with van der Waals surface area (Å²) in [7, 11) is -3.66. The molecule has 128 valence electrons. The molecule has 2 aromatic rings. The second kappa shape index (κ2) is 7.02. The molecule has 0 spiro atoms. The Morgan fingerprint density at radius 3 is 2.54 bits per heavy atom. The van der Waals surface area contributed by atoms with E-state index in [4.69, 9.17) is 5.11 Å². The third kappa shape index (κ3) is 3.67. The van der Waals surface area contributed by atoms with Crippen LogP contribution in [0.25, 0.3) is 0 Å². The van der Waals surface area contributed by atoms with E-state index >= 15 is 0 Å². The standard InChI is InChI=1S/C16H18N2O4S2/c19-16(20)14-2-1-3-15(10-14)24(21,22)18-7-5-17(6-8-18)11-13-4-9-23-12-13/h1-4,9-10,12H,5-8,11H2,(H,19,20). The van der Waals surface area contributed by atoms with Gasteiger partial charge in [-0.1, -0.05) is 6.07 Å². The number of rotatable bonds is 5. The number of piperazine rings is 1. The first-order valence-corrected chi connectivity index (χ1v) is 9.92. The Labute approximate surface area is 145 Å². The number of sulfonamides is 1. The molecule has 0 radical (unpaired) electrons. The maximum atomic E-state index is 12.7. The number of benzene rings is 1. The molecular formula is C16H18N2O4S2. The summed E-state index contributed by atoms with van der Waals surface area (Å²) in [4.78, 5) is 13.3. The van der Waals surface area contributed by atoms with E-state index in [1.165, 1.54) is 34.1 Å². The summed E-state index contributed by atoms with van der Waals surface area (Å²) in [5.74, 6) is -1.13. The molecule has 6 nitrogen and oxygen atoms in total. The van der Waals surface area contributed by atoms with Crippen LogP contribution in [0.15, 0.2) is 46.0 Å². The molecule has 1 aromatic heterocycles. The van der Waals surface area contributed by atoms with Crippen molar-refractivity contribution in [3.05, 3.63) is 52.2 Å². The Morgan fingerprint density at radius 1 is 1.17 bits per heavy atom. The lowest BCUT2D eigenvalue weighted by Gasteiger charge is -2.33. The van der Waals surface area contributed by atoms with Gasteiger partial charge in [0.25, 0.3) is 0 Å². The highest BCUT2D eigenvalue weighted by Gasteiger charge is 2.28. The average molecular weight is 366 g/mol. The van der Waals surface area contributed by atoms with Crippen LogP contribution >= 0.6 is 11.3 Å². The fourth-order valence-corrected chi connectivity index (χ4v) is 4.84. The van der Waals surface area contributed by atoms with Gasteiger partial charge >= 0.3 is 5.97 Å². The molecule has 0 unspecified atom stereocenters. The Balaban J connectivity index is 1.68. The predicted molar refractivity (Wildman–Crippen MR) is 91.8 cm³/mol. The van der Waals surface area contributed by atoms with Crippen molar-refractivity contribution in [2.45, 2.75) is 11.4 Å². The average Bonchev–Trinajstić information content (AvgIpc) is 3.08. The molecule has 0 atom stereocenters. The maximum absolute atomic E-state index is 12.7. The van der Waals surface area contributed by atoms with Gasteiger partial charge in [-0.25, -0.2) is 13.2 Å². The normalized spacial score (nSPS) is 17.0. The molecule has 1 N–H and O–H groups in total. The zero-order valence-electron chi connectivity index (χ0n) is 13.0. The van der Waals surface area contributed by atoms with Gasteiger partial charge in [0.15, 0.2) is 0 Å². The summed E-state index contributed by atoms with van der Waals surface area (Å²) in [5, 5.41) is 13.2. The van der Waals surface area contributed by atoms with Gasteiger partial charge in [-0.05, 0) is 40.6 Å². The third-order valence-corrected chi connectivity index (χ3v) is 6.66. The van der Waals surface area contributed by atoms with Crippen molar-refractivity contribution in [3.63, 3.8) is 0 Å². The fraction of sp³-hybridized carbons (Fsp3) is 0.312. The first-order chi connectivity index (χ1) is 11.5. The monoisotopic (exact) mass is 366 g/mol. The van der Waals surface area contributed by atoms with Crippen LogP contribution in [0.5, 0.6) is 0 Å². The zero-order valence-corrected chi connectivity index (χ0v) is 14.6. The zero-order chi connectivity index (χ0) is 17.2. The summed E-state index contributed by atoms with van der Waals surface area (Å²) in [6.45, 7) is 2.96. The van der Waals surface area contributed by atoms with Crippen molar-refractivity contribution in [1.29, 1.82) is 0 Å². The van der Waals surface area contributed by atoms with E-state index in [9.17, 15) is 13.2 Å². The van der Waals surface area contributed by atoms with Gasteiger partial charge in [0.1, 0.15) is 0 Å². The SMILES string of the molecule is O=C(O)c1cccc(S(=O)(=O)N2CCN(Cc3ccsc3)CC2)c1. The minimum absolute atomic E-state index is 0.0211. The van der Waals surface area contributed by atoms with Gasteiger partial charge in [-0.15, -0.1) is 0 Å². The minimum Gasteiger partial charge on any atom is -0.478 e. The van der Waals surface area contributed by atoms with Crippen molar-refractivity contribution in [2.75, 3.05) is 26.2 Å². The van der Waals surface area contributed by atoms with E-state index in [0.717, 1.165) is 6.54 Å². The van der Waals surface area contributed by atoms with Gasteiger partial charge < -0.3 is 5.11 Å². The van der Waals surface area contributed by atoms with Crippen molar-refractivity contribution in [2.24, 2.45) is 0 Å². The topological polar surface area (TPSA) is 77.9 Å². The Kier molecular flexibility index (Phi) is 5.00. The molecule has 2 heterocycles. The van der Waals surface area contributed by atoms with Crippen LogP contribution < -0.4 is 0 Å². The van der Waals surface area contributed by atoms with Crippen LogP contribution in [0.1, 0.15) is 15.9 Å². The van der Waals surface area contributed by atoms with Crippen LogP contribution in [0.3, 0.4) is 0 Å². The lowest BCUT2D eigenvalue weighted by atomic mass is 10.2. The number of hydrogen-bond acceptors (Lipinski definition) is 5. The number of thiophene rings is 1. The van der Waals surface area contributed by atoms with Crippen molar-refractivity contribution >= 4 is 27.3 Å². The largest absolute Gasteiger partial charge is 0.478 e. The van der Waals surface area contributed by atoms with Gasteiger partial charge in [-0.2, -0.15) is 15.6 Å². The quantitative estimate of drug-likeness (QED) is 0.875. The van der Waals surface area contributed by atoms with Crippen LogP contribution in [0, 0.1) is 0 Å². The number of aromatic carboxylic acids is 1. The van der Waals surface area contributed by atoms with Gasteiger partial charge in [0.2, 0.25) is 10.0 Å². The van der Waals surface area contributed by atoms with E-state index in [1.54, 1.807) is 11.3 Å². The number of nitrogens with zero attached hydrogens (tertiary/aromatic N) is 2. The molecular weight excluding hydrogens is 348 g/mol. The highest BCUT2D eigenvalue weighted by atomic mass is 32.2. The lowest BCUT2D eigenvalue weighted by molar-refractivity contribution is 0.0696. The second-order valence-electron chi connectivity index (χ2n) is 5.64. The first kappa shape index (κ1) is 17.1. The predicted octanol–water partition coefficient (Wildman–Crippen LogP) is 1.95. The van der Waals surface area contributed by atoms with E-state index in [0.29, 0.717) is 26.2 Å². The molecule has 0 saturated carbocycles. The van der Waals surface area contributed by atoms with Gasteiger partial charge in [0, 0.05) is 32.7 Å². The van der Waals surface area contributed by atoms with Gasteiger partial charge in [0.05, 0.1) is 10.5 Å². The highest BCUT2D eigenvalue weighted by molar-refractivity contribution is 7.89. The van der Waals surface area contributed by atoms with E-state index in [2.05, 4.69) is 16.3 Å². The number of hydrogen-bond donors (Lipinski definition) is 1. The molecule has 1 saturated heterocycles. The molecule has 3 rings (SSSR count). The molecule has 0 amide bonds. The third-order valence-electron chi connectivity index (χ3n) is 4.04. The summed E-state index contributed by atoms with van der Waals surface area (Å²) >= 11 is 1.65. The van der Waals surface area contributed by atoms with E-state index < -0.39 is 16.0 Å². The molecule has 0 aliphatic carbocycles. The summed E-state index contributed by atoms with van der Waals surface area (Å²) in [6, 6.07) is 7.59. The van der Waals surface area contributed by atoms with Crippen molar-refractivity contribution < 1.29 is 18.3 Å². The fourth-order valence-electron chi connectivity index (χ4n) is 2.71. The molecule has 1 fully saturated rings. The van der Waals surface area contributed by atoms with E-state index in [1.807, 2.05) is 5.38 Å². The Bertz CT molecular complexity index is 810. The highest BCUT2D eigenvalue weighted by Crippen LogP contribution is 2.20. The smallest absolute Gasteiger partial charge is 0.335 e. The molecule has 1 aliphatic rings. The van der Waals surface area contributed by atoms with Gasteiger partial charge in [-0.3, -0.25) is 4.90 Å². The van der Waals surface area contributed by atoms with Crippen LogP contribution in [0.4, 0.5) is 0 Å². The van der Waals surface area contributed by atoms with E-state index in [-0.39, 0.29) is 10.5 Å². The van der Waals surface area contributed by atoms with Crippen molar-refractivity contribution in [3.8, 4) is 0 Å². The maximum Gasteiger partial charge on any atom is 0.335 e. The molecule has 1 aliphatic heterocycles. The number of carbonyl (C=O) groups is 1. The second-order valence-corrected chi connectivity index (χ2v) is 8.36. The van der Waals surface area contributed by atoms with Crippen molar-refractivity contribution in [1.82, 2.24) is 9.21 Å². The molecule has 24 heavy (non-hydrogen) atoms. The first-order valence-electron chi connectivity index (χ1n) is 7.54. The number of carboxylic acid groups (broad SMARTS) is 1. The lowest BCUT2D eigenvalue weighted by Crippen LogP contribution is -2.48.